The lowest BCUT2D eigenvalue weighted by molar-refractivity contribution is 0.922. The fraction of sp³-hybridized carbons (Fsp3) is 0.250. The zero-order chi connectivity index (χ0) is 13.1. The van der Waals surface area contributed by atoms with Crippen LogP contribution in [0.3, 0.4) is 0 Å². The molecular formula is C16H20N2. The van der Waals surface area contributed by atoms with E-state index >= 15 is 0 Å². The smallest absolute Gasteiger partial charge is 0.0426 e. The minimum atomic E-state index is 0.866. The summed E-state index contributed by atoms with van der Waals surface area (Å²) in [5, 5.41) is 0. The van der Waals surface area contributed by atoms with Crippen molar-refractivity contribution in [1.82, 2.24) is 0 Å². The quantitative estimate of drug-likeness (QED) is 0.832. The molecule has 0 aliphatic carbocycles. The van der Waals surface area contributed by atoms with Crippen molar-refractivity contribution >= 4 is 11.4 Å². The molecule has 0 aliphatic rings. The molecule has 0 saturated carbocycles. The van der Waals surface area contributed by atoms with E-state index in [1.54, 1.807) is 0 Å². The maximum absolute atomic E-state index is 5.94. The Bertz CT molecular complexity index is 529. The molecule has 2 N–H and O–H groups in total. The van der Waals surface area contributed by atoms with E-state index in [2.05, 4.69) is 61.3 Å². The molecule has 0 aliphatic heterocycles. The predicted molar refractivity (Wildman–Crippen MR) is 78.9 cm³/mol. The van der Waals surface area contributed by atoms with Gasteiger partial charge in [-0.3, -0.25) is 0 Å². The topological polar surface area (TPSA) is 29.3 Å². The van der Waals surface area contributed by atoms with Gasteiger partial charge >= 0.3 is 0 Å². The standard InChI is InChI=1S/C16H20N2/c1-12-4-8-15(9-5-12)18(3)11-14-7-6-13(2)16(17)10-14/h4-10H,11,17H2,1-3H3. The van der Waals surface area contributed by atoms with Crippen LogP contribution < -0.4 is 10.6 Å². The Morgan fingerprint density at radius 3 is 2.28 bits per heavy atom. The Labute approximate surface area is 109 Å². The van der Waals surface area contributed by atoms with E-state index < -0.39 is 0 Å². The van der Waals surface area contributed by atoms with Gasteiger partial charge in [0, 0.05) is 25.0 Å². The average molecular weight is 240 g/mol. The molecule has 2 nitrogen and oxygen atoms in total. The maximum atomic E-state index is 5.94. The van der Waals surface area contributed by atoms with Gasteiger partial charge in [-0.05, 0) is 43.2 Å². The van der Waals surface area contributed by atoms with Gasteiger partial charge in [-0.15, -0.1) is 0 Å². The normalized spacial score (nSPS) is 10.4. The van der Waals surface area contributed by atoms with Gasteiger partial charge in [-0.1, -0.05) is 29.8 Å². The lowest BCUT2D eigenvalue weighted by Gasteiger charge is -2.20. The van der Waals surface area contributed by atoms with Crippen molar-refractivity contribution in [2.24, 2.45) is 0 Å². The summed E-state index contributed by atoms with van der Waals surface area (Å²) in [6.45, 7) is 5.00. The Hall–Kier alpha value is -1.96. The third-order valence-corrected chi connectivity index (χ3v) is 3.24. The lowest BCUT2D eigenvalue weighted by atomic mass is 10.1. The van der Waals surface area contributed by atoms with Crippen molar-refractivity contribution in [3.05, 3.63) is 59.2 Å². The summed E-state index contributed by atoms with van der Waals surface area (Å²) in [5.41, 5.74) is 11.7. The summed E-state index contributed by atoms with van der Waals surface area (Å²) in [6, 6.07) is 14.8. The van der Waals surface area contributed by atoms with Crippen LogP contribution in [0.15, 0.2) is 42.5 Å². The second-order valence-electron chi connectivity index (χ2n) is 4.88. The predicted octanol–water partition coefficient (Wildman–Crippen LogP) is 3.52. The van der Waals surface area contributed by atoms with Crippen LogP contribution >= 0.6 is 0 Å². The van der Waals surface area contributed by atoms with E-state index in [4.69, 9.17) is 5.73 Å². The van der Waals surface area contributed by atoms with Crippen molar-refractivity contribution in [3.8, 4) is 0 Å². The molecule has 2 rings (SSSR count). The van der Waals surface area contributed by atoms with Crippen LogP contribution in [0.1, 0.15) is 16.7 Å². The SMILES string of the molecule is Cc1ccc(N(C)Cc2ccc(C)c(N)c2)cc1. The molecular weight excluding hydrogens is 220 g/mol. The third-order valence-electron chi connectivity index (χ3n) is 3.24. The number of aryl methyl sites for hydroxylation is 2. The van der Waals surface area contributed by atoms with Crippen LogP contribution in [-0.4, -0.2) is 7.05 Å². The Kier molecular flexibility index (Phi) is 3.56. The van der Waals surface area contributed by atoms with Crippen LogP contribution in [-0.2, 0) is 6.54 Å². The van der Waals surface area contributed by atoms with Gasteiger partial charge in [0.25, 0.3) is 0 Å². The minimum absolute atomic E-state index is 0.866. The molecule has 2 aromatic carbocycles. The van der Waals surface area contributed by atoms with Crippen molar-refractivity contribution in [2.75, 3.05) is 17.7 Å². The number of nitrogen functional groups attached to an aromatic ring is 1. The molecule has 0 radical (unpaired) electrons. The van der Waals surface area contributed by atoms with Crippen LogP contribution in [0, 0.1) is 13.8 Å². The van der Waals surface area contributed by atoms with Crippen LogP contribution in [0.4, 0.5) is 11.4 Å². The van der Waals surface area contributed by atoms with Crippen molar-refractivity contribution < 1.29 is 0 Å². The first-order valence-corrected chi connectivity index (χ1v) is 6.19. The summed E-state index contributed by atoms with van der Waals surface area (Å²) in [6.07, 6.45) is 0. The highest BCUT2D eigenvalue weighted by Crippen LogP contribution is 2.18. The molecule has 0 saturated heterocycles. The Morgan fingerprint density at radius 1 is 1.00 bits per heavy atom. The second kappa shape index (κ2) is 5.13. The minimum Gasteiger partial charge on any atom is -0.399 e. The molecule has 0 unspecified atom stereocenters. The first-order chi connectivity index (χ1) is 8.56. The molecule has 0 bridgehead atoms. The molecule has 0 atom stereocenters. The molecule has 0 spiro atoms. The highest BCUT2D eigenvalue weighted by Gasteiger charge is 2.03. The highest BCUT2D eigenvalue weighted by atomic mass is 15.1. The summed E-state index contributed by atoms with van der Waals surface area (Å²) in [5.74, 6) is 0. The summed E-state index contributed by atoms with van der Waals surface area (Å²) < 4.78 is 0. The zero-order valence-electron chi connectivity index (χ0n) is 11.3. The summed E-state index contributed by atoms with van der Waals surface area (Å²) in [7, 11) is 2.10. The van der Waals surface area contributed by atoms with Crippen molar-refractivity contribution in [3.63, 3.8) is 0 Å². The number of nitrogens with zero attached hydrogens (tertiary/aromatic N) is 1. The van der Waals surface area contributed by atoms with E-state index in [1.165, 1.54) is 16.8 Å². The van der Waals surface area contributed by atoms with Gasteiger partial charge in [-0.2, -0.15) is 0 Å². The van der Waals surface area contributed by atoms with Crippen molar-refractivity contribution in [2.45, 2.75) is 20.4 Å². The third kappa shape index (κ3) is 2.83. The fourth-order valence-electron chi connectivity index (χ4n) is 1.95. The zero-order valence-corrected chi connectivity index (χ0v) is 11.3. The molecule has 18 heavy (non-hydrogen) atoms. The van der Waals surface area contributed by atoms with Gasteiger partial charge in [0.15, 0.2) is 0 Å². The average Bonchev–Trinajstić information content (AvgIpc) is 2.34. The summed E-state index contributed by atoms with van der Waals surface area (Å²) in [4.78, 5) is 2.23. The molecule has 0 amide bonds. The number of nitrogens with two attached hydrogens (primary N) is 1. The Morgan fingerprint density at radius 2 is 1.67 bits per heavy atom. The van der Waals surface area contributed by atoms with E-state index in [9.17, 15) is 0 Å². The molecule has 0 fully saturated rings. The van der Waals surface area contributed by atoms with E-state index in [-0.39, 0.29) is 0 Å². The summed E-state index contributed by atoms with van der Waals surface area (Å²) >= 11 is 0. The van der Waals surface area contributed by atoms with E-state index in [0.717, 1.165) is 17.8 Å². The van der Waals surface area contributed by atoms with Gasteiger partial charge in [-0.25, -0.2) is 0 Å². The number of hydrogen-bond donors (Lipinski definition) is 1. The molecule has 0 aromatic heterocycles. The van der Waals surface area contributed by atoms with Crippen LogP contribution in [0.5, 0.6) is 0 Å². The number of rotatable bonds is 3. The van der Waals surface area contributed by atoms with Crippen LogP contribution in [0.2, 0.25) is 0 Å². The lowest BCUT2D eigenvalue weighted by Crippen LogP contribution is -2.16. The first kappa shape index (κ1) is 12.5. The highest BCUT2D eigenvalue weighted by molar-refractivity contribution is 5.51. The number of hydrogen-bond acceptors (Lipinski definition) is 2. The fourth-order valence-corrected chi connectivity index (χ4v) is 1.95. The van der Waals surface area contributed by atoms with E-state index in [0.29, 0.717) is 0 Å². The maximum Gasteiger partial charge on any atom is 0.0426 e. The largest absolute Gasteiger partial charge is 0.399 e. The monoisotopic (exact) mass is 240 g/mol. The molecule has 2 heteroatoms. The van der Waals surface area contributed by atoms with Gasteiger partial charge in [0.2, 0.25) is 0 Å². The Balaban J connectivity index is 2.13. The first-order valence-electron chi connectivity index (χ1n) is 6.19. The van der Waals surface area contributed by atoms with Crippen LogP contribution in [0.25, 0.3) is 0 Å². The van der Waals surface area contributed by atoms with Gasteiger partial charge < -0.3 is 10.6 Å². The molecule has 0 heterocycles. The number of anilines is 2. The number of benzene rings is 2. The van der Waals surface area contributed by atoms with E-state index in [1.807, 2.05) is 6.92 Å². The molecule has 2 aromatic rings. The van der Waals surface area contributed by atoms with Gasteiger partial charge in [0.05, 0.1) is 0 Å². The second-order valence-corrected chi connectivity index (χ2v) is 4.88. The molecule has 94 valence electrons. The van der Waals surface area contributed by atoms with Gasteiger partial charge in [0.1, 0.15) is 0 Å². The van der Waals surface area contributed by atoms with Crippen molar-refractivity contribution in [1.29, 1.82) is 0 Å².